The van der Waals surface area contributed by atoms with Gasteiger partial charge in [0.05, 0.1) is 12.3 Å². The van der Waals surface area contributed by atoms with E-state index < -0.39 is 53.5 Å². The number of aromatic nitrogens is 2. The molecule has 0 amide bonds. The summed E-state index contributed by atoms with van der Waals surface area (Å²) in [4.78, 5) is 47.2. The number of hydrogen-bond donors (Lipinski definition) is 1. The van der Waals surface area contributed by atoms with E-state index in [0.717, 1.165) is 18.4 Å². The predicted octanol–water partition coefficient (Wildman–Crippen LogP) is -0.544. The summed E-state index contributed by atoms with van der Waals surface area (Å²) in [6.45, 7) is 3.83. The minimum Gasteiger partial charge on any atom is -0.456 e. The molecule has 1 aromatic rings. The summed E-state index contributed by atoms with van der Waals surface area (Å²) in [7, 11) is 0. The van der Waals surface area contributed by atoms with Gasteiger partial charge in [-0.05, 0) is 6.92 Å². The summed E-state index contributed by atoms with van der Waals surface area (Å²) >= 11 is 0. The number of nitrogens with one attached hydrogen (secondary N) is 1. The van der Waals surface area contributed by atoms with Gasteiger partial charge in [0, 0.05) is 13.8 Å². The Bertz CT molecular complexity index is 741. The maximum Gasteiger partial charge on any atom is 0.330 e. The van der Waals surface area contributed by atoms with Crippen molar-refractivity contribution in [2.45, 2.75) is 45.3 Å². The highest BCUT2D eigenvalue weighted by Crippen LogP contribution is 2.32. The fourth-order valence-corrected chi connectivity index (χ4v) is 2.35. The predicted molar refractivity (Wildman–Crippen MR) is 72.0 cm³/mol. The van der Waals surface area contributed by atoms with Crippen molar-refractivity contribution in [2.75, 3.05) is 0 Å². The second-order valence-corrected chi connectivity index (χ2v) is 5.02. The molecule has 2 heterocycles. The first kappa shape index (κ1) is 16.9. The van der Waals surface area contributed by atoms with Crippen LogP contribution in [-0.2, 0) is 23.8 Å². The van der Waals surface area contributed by atoms with Crippen LogP contribution in [-0.4, -0.2) is 39.8 Å². The summed E-state index contributed by atoms with van der Waals surface area (Å²) in [6, 6.07) is 0. The molecule has 1 aliphatic rings. The zero-order chi connectivity index (χ0) is 17.3. The molecular formula is C13H15FN2O7. The molecule has 0 aliphatic carbocycles. The minimum atomic E-state index is -1.25. The molecule has 126 valence electrons. The number of hydrogen-bond acceptors (Lipinski definition) is 7. The van der Waals surface area contributed by atoms with Crippen LogP contribution in [0.25, 0.3) is 0 Å². The maximum atomic E-state index is 13.5. The minimum absolute atomic E-state index is 0.636. The number of carbonyl (C=O) groups excluding carboxylic acids is 2. The van der Waals surface area contributed by atoms with Crippen LogP contribution in [0.15, 0.2) is 15.8 Å². The molecule has 0 radical (unpaired) electrons. The quantitative estimate of drug-likeness (QED) is 0.739. The van der Waals surface area contributed by atoms with Gasteiger partial charge in [-0.25, -0.2) is 4.79 Å². The summed E-state index contributed by atoms with van der Waals surface area (Å²) in [6.07, 6.45) is -3.49. The van der Waals surface area contributed by atoms with E-state index in [1.807, 2.05) is 0 Å². The molecule has 0 bridgehead atoms. The zero-order valence-electron chi connectivity index (χ0n) is 12.6. The van der Waals surface area contributed by atoms with Crippen molar-refractivity contribution in [3.63, 3.8) is 0 Å². The van der Waals surface area contributed by atoms with E-state index in [1.54, 1.807) is 4.98 Å². The van der Waals surface area contributed by atoms with Gasteiger partial charge in [0.1, 0.15) is 0 Å². The number of rotatable bonds is 3. The number of carbonyl (C=O) groups is 2. The molecule has 1 N–H and O–H groups in total. The van der Waals surface area contributed by atoms with Crippen molar-refractivity contribution in [1.82, 2.24) is 9.55 Å². The van der Waals surface area contributed by atoms with Crippen molar-refractivity contribution >= 4 is 11.9 Å². The Morgan fingerprint density at radius 2 is 1.78 bits per heavy atom. The monoisotopic (exact) mass is 330 g/mol. The first-order valence-corrected chi connectivity index (χ1v) is 6.71. The molecule has 10 heteroatoms. The molecule has 1 aliphatic heterocycles. The lowest BCUT2D eigenvalue weighted by Crippen LogP contribution is -2.41. The van der Waals surface area contributed by atoms with Crippen molar-refractivity contribution < 1.29 is 28.2 Å². The average molecular weight is 330 g/mol. The fraction of sp³-hybridized carbons (Fsp3) is 0.538. The smallest absolute Gasteiger partial charge is 0.330 e. The van der Waals surface area contributed by atoms with Crippen LogP contribution in [0, 0.1) is 5.82 Å². The van der Waals surface area contributed by atoms with Gasteiger partial charge in [-0.1, -0.05) is 0 Å². The number of H-pyrrole nitrogens is 1. The summed E-state index contributed by atoms with van der Waals surface area (Å²) in [5.74, 6) is -2.55. The normalized spacial score (nSPS) is 26.8. The van der Waals surface area contributed by atoms with Gasteiger partial charge < -0.3 is 14.2 Å². The summed E-state index contributed by atoms with van der Waals surface area (Å²) < 4.78 is 29.8. The van der Waals surface area contributed by atoms with Crippen LogP contribution in [0.4, 0.5) is 4.39 Å². The molecular weight excluding hydrogens is 315 g/mol. The Labute approximate surface area is 129 Å². The Hall–Kier alpha value is -2.49. The molecule has 0 aromatic carbocycles. The fourth-order valence-electron chi connectivity index (χ4n) is 2.35. The SMILES string of the molecule is CC(=O)O[C@@H]1[C@H](OC(C)=O)[C@@H](C)O[C@H]1n1cc(F)c(=O)[nH]c1=O. The Kier molecular flexibility index (Phi) is 4.64. The second kappa shape index (κ2) is 6.32. The van der Waals surface area contributed by atoms with Gasteiger partial charge in [-0.15, -0.1) is 0 Å². The van der Waals surface area contributed by atoms with Crippen LogP contribution < -0.4 is 11.2 Å². The van der Waals surface area contributed by atoms with Crippen molar-refractivity contribution in [2.24, 2.45) is 0 Å². The molecule has 9 nitrogen and oxygen atoms in total. The lowest BCUT2D eigenvalue weighted by Gasteiger charge is -2.23. The molecule has 0 spiro atoms. The Morgan fingerprint density at radius 3 is 2.35 bits per heavy atom. The highest BCUT2D eigenvalue weighted by atomic mass is 19.1. The standard InChI is InChI=1S/C13H15FN2O7/c1-5-9(22-6(2)17)10(23-7(3)18)12(21-5)16-4-8(14)11(19)15-13(16)20/h4-5,9-10,12H,1-3H3,(H,15,19,20)/t5-,9-,10-,12-/m1/s1. The third kappa shape index (κ3) is 3.47. The second-order valence-electron chi connectivity index (χ2n) is 5.02. The van der Waals surface area contributed by atoms with Gasteiger partial charge in [-0.3, -0.25) is 23.9 Å². The lowest BCUT2D eigenvalue weighted by molar-refractivity contribution is -0.165. The number of nitrogens with zero attached hydrogens (tertiary/aromatic N) is 1. The molecule has 4 atom stereocenters. The van der Waals surface area contributed by atoms with Crippen molar-refractivity contribution in [3.8, 4) is 0 Å². The maximum absolute atomic E-state index is 13.5. The molecule has 2 rings (SSSR count). The van der Waals surface area contributed by atoms with Gasteiger partial charge >= 0.3 is 17.6 Å². The van der Waals surface area contributed by atoms with E-state index in [0.29, 0.717) is 6.20 Å². The highest BCUT2D eigenvalue weighted by molar-refractivity contribution is 5.67. The highest BCUT2D eigenvalue weighted by Gasteiger charge is 2.48. The van der Waals surface area contributed by atoms with E-state index in [4.69, 9.17) is 14.2 Å². The van der Waals surface area contributed by atoms with E-state index in [1.165, 1.54) is 6.92 Å². The van der Waals surface area contributed by atoms with E-state index in [-0.39, 0.29) is 0 Å². The number of ether oxygens (including phenoxy) is 3. The molecule has 1 fully saturated rings. The van der Waals surface area contributed by atoms with Gasteiger partial charge in [-0.2, -0.15) is 4.39 Å². The third-order valence-corrected chi connectivity index (χ3v) is 3.22. The van der Waals surface area contributed by atoms with E-state index in [9.17, 15) is 23.6 Å². The molecule has 0 unspecified atom stereocenters. The molecule has 0 saturated carbocycles. The van der Waals surface area contributed by atoms with Gasteiger partial charge in [0.2, 0.25) is 5.82 Å². The average Bonchev–Trinajstić information content (AvgIpc) is 2.70. The largest absolute Gasteiger partial charge is 0.456 e. The van der Waals surface area contributed by atoms with Crippen LogP contribution in [0.1, 0.15) is 27.0 Å². The molecule has 1 aromatic heterocycles. The summed E-state index contributed by atoms with van der Waals surface area (Å²) in [5, 5.41) is 0. The summed E-state index contributed by atoms with van der Waals surface area (Å²) in [5.41, 5.74) is -2.13. The van der Waals surface area contributed by atoms with Gasteiger partial charge in [0.15, 0.2) is 18.4 Å². The third-order valence-electron chi connectivity index (χ3n) is 3.22. The van der Waals surface area contributed by atoms with Gasteiger partial charge in [0.25, 0.3) is 5.56 Å². The first-order chi connectivity index (χ1) is 10.7. The van der Waals surface area contributed by atoms with Crippen LogP contribution in [0.5, 0.6) is 0 Å². The van der Waals surface area contributed by atoms with Crippen LogP contribution in [0.2, 0.25) is 0 Å². The van der Waals surface area contributed by atoms with Crippen LogP contribution >= 0.6 is 0 Å². The van der Waals surface area contributed by atoms with Crippen molar-refractivity contribution in [3.05, 3.63) is 32.9 Å². The Morgan fingerprint density at radius 1 is 1.22 bits per heavy atom. The zero-order valence-corrected chi connectivity index (χ0v) is 12.6. The van der Waals surface area contributed by atoms with E-state index >= 15 is 0 Å². The van der Waals surface area contributed by atoms with E-state index in [2.05, 4.69) is 0 Å². The molecule has 1 saturated heterocycles. The molecule has 23 heavy (non-hydrogen) atoms. The first-order valence-electron chi connectivity index (χ1n) is 6.71. The lowest BCUT2D eigenvalue weighted by atomic mass is 10.1. The van der Waals surface area contributed by atoms with Crippen molar-refractivity contribution in [1.29, 1.82) is 0 Å². The number of halogens is 1. The Balaban J connectivity index is 2.45. The number of esters is 2. The van der Waals surface area contributed by atoms with Crippen LogP contribution in [0.3, 0.4) is 0 Å². The number of aromatic amines is 1. The topological polar surface area (TPSA) is 117 Å².